The molecule has 2 aromatic rings. The fourth-order valence-electron chi connectivity index (χ4n) is 2.06. The van der Waals surface area contributed by atoms with Crippen molar-refractivity contribution < 1.29 is 4.74 Å². The highest BCUT2D eigenvalue weighted by atomic mass is 79.9. The Hall–Kier alpha value is -1.35. The summed E-state index contributed by atoms with van der Waals surface area (Å²) in [4.78, 5) is 4.43. The zero-order valence-corrected chi connectivity index (χ0v) is 14.9. The minimum atomic E-state index is 0.103. The van der Waals surface area contributed by atoms with Gasteiger partial charge in [0.25, 0.3) is 0 Å². The first-order valence-electron chi connectivity index (χ1n) is 7.21. The van der Waals surface area contributed by atoms with Gasteiger partial charge in [-0.1, -0.05) is 56.6 Å². The molecule has 1 heterocycles. The van der Waals surface area contributed by atoms with Gasteiger partial charge in [0.15, 0.2) is 0 Å². The smallest absolute Gasteiger partial charge is 0.219 e. The van der Waals surface area contributed by atoms with Crippen molar-refractivity contribution in [2.45, 2.75) is 46.0 Å². The molecule has 2 nitrogen and oxygen atoms in total. The number of halogens is 1. The lowest BCUT2D eigenvalue weighted by molar-refractivity contribution is 0.452. The monoisotopic (exact) mass is 347 g/mol. The average molecular weight is 348 g/mol. The van der Waals surface area contributed by atoms with E-state index in [0.717, 1.165) is 10.2 Å². The van der Waals surface area contributed by atoms with E-state index < -0.39 is 0 Å². The second kappa shape index (κ2) is 6.18. The van der Waals surface area contributed by atoms with E-state index in [2.05, 4.69) is 67.7 Å². The van der Waals surface area contributed by atoms with Gasteiger partial charge in [-0.2, -0.15) is 0 Å². The molecule has 0 aliphatic rings. The summed E-state index contributed by atoms with van der Waals surface area (Å²) in [6.07, 6.45) is 1.89. The zero-order chi connectivity index (χ0) is 15.6. The fraction of sp³-hybridized carbons (Fsp3) is 0.389. The summed E-state index contributed by atoms with van der Waals surface area (Å²) in [5, 5.41) is 0. The number of benzene rings is 1. The Balaban J connectivity index is 2.26. The SMILES string of the molecule is CC(C)c1cc(Br)ccc1Oc1ccc(C(C)(C)C)cn1. The molecule has 0 fully saturated rings. The quantitative estimate of drug-likeness (QED) is 0.673. The Morgan fingerprint density at radius 1 is 1.10 bits per heavy atom. The third-order valence-electron chi connectivity index (χ3n) is 3.41. The molecule has 0 saturated carbocycles. The molecule has 112 valence electrons. The number of pyridine rings is 1. The van der Waals surface area contributed by atoms with E-state index in [1.54, 1.807) is 0 Å². The van der Waals surface area contributed by atoms with Crippen molar-refractivity contribution in [3.05, 3.63) is 52.1 Å². The van der Waals surface area contributed by atoms with Gasteiger partial charge in [-0.05, 0) is 40.7 Å². The summed E-state index contributed by atoms with van der Waals surface area (Å²) >= 11 is 3.51. The molecule has 1 aromatic carbocycles. The first-order chi connectivity index (χ1) is 9.77. The van der Waals surface area contributed by atoms with Gasteiger partial charge in [-0.15, -0.1) is 0 Å². The van der Waals surface area contributed by atoms with Crippen LogP contribution in [0, 0.1) is 0 Å². The lowest BCUT2D eigenvalue weighted by Gasteiger charge is -2.19. The third kappa shape index (κ3) is 4.07. The van der Waals surface area contributed by atoms with Crippen molar-refractivity contribution in [3.8, 4) is 11.6 Å². The molecule has 0 spiro atoms. The molecule has 3 heteroatoms. The van der Waals surface area contributed by atoms with Crippen LogP contribution in [-0.2, 0) is 5.41 Å². The Labute approximate surface area is 135 Å². The number of hydrogen-bond acceptors (Lipinski definition) is 2. The maximum absolute atomic E-state index is 5.96. The van der Waals surface area contributed by atoms with Crippen LogP contribution < -0.4 is 4.74 Å². The van der Waals surface area contributed by atoms with Crippen LogP contribution in [0.2, 0.25) is 0 Å². The molecular formula is C18H22BrNO. The Morgan fingerprint density at radius 3 is 2.33 bits per heavy atom. The van der Waals surface area contributed by atoms with Crippen LogP contribution in [0.3, 0.4) is 0 Å². The topological polar surface area (TPSA) is 22.1 Å². The van der Waals surface area contributed by atoms with E-state index in [4.69, 9.17) is 4.74 Å². The molecule has 0 N–H and O–H groups in total. The van der Waals surface area contributed by atoms with Crippen molar-refractivity contribution in [3.63, 3.8) is 0 Å². The van der Waals surface area contributed by atoms with Gasteiger partial charge in [-0.3, -0.25) is 0 Å². The highest BCUT2D eigenvalue weighted by molar-refractivity contribution is 9.10. The maximum atomic E-state index is 5.96. The van der Waals surface area contributed by atoms with Crippen LogP contribution in [0.1, 0.15) is 51.7 Å². The number of ether oxygens (including phenoxy) is 1. The van der Waals surface area contributed by atoms with E-state index in [1.807, 2.05) is 24.4 Å². The predicted molar refractivity (Wildman–Crippen MR) is 91.2 cm³/mol. The van der Waals surface area contributed by atoms with Gasteiger partial charge in [0.2, 0.25) is 5.88 Å². The van der Waals surface area contributed by atoms with E-state index in [-0.39, 0.29) is 5.41 Å². The molecule has 1 aromatic heterocycles. The zero-order valence-electron chi connectivity index (χ0n) is 13.3. The van der Waals surface area contributed by atoms with Crippen LogP contribution >= 0.6 is 15.9 Å². The largest absolute Gasteiger partial charge is 0.439 e. The normalized spacial score (nSPS) is 11.8. The summed E-state index contributed by atoms with van der Waals surface area (Å²) in [6.45, 7) is 10.8. The predicted octanol–water partition coefficient (Wildman–Crippen LogP) is 6.06. The van der Waals surface area contributed by atoms with E-state index in [0.29, 0.717) is 11.8 Å². The molecule has 0 saturated heterocycles. The Morgan fingerprint density at radius 2 is 1.81 bits per heavy atom. The molecule has 0 radical (unpaired) electrons. The van der Waals surface area contributed by atoms with E-state index >= 15 is 0 Å². The molecule has 2 rings (SSSR count). The molecular weight excluding hydrogens is 326 g/mol. The molecule has 0 amide bonds. The molecule has 0 unspecified atom stereocenters. The number of aromatic nitrogens is 1. The summed E-state index contributed by atoms with van der Waals surface area (Å²) < 4.78 is 7.03. The Kier molecular flexibility index (Phi) is 4.72. The van der Waals surface area contributed by atoms with Crippen LogP contribution in [0.4, 0.5) is 0 Å². The van der Waals surface area contributed by atoms with Crippen molar-refractivity contribution >= 4 is 15.9 Å². The summed E-state index contributed by atoms with van der Waals surface area (Å²) in [6, 6.07) is 10.1. The van der Waals surface area contributed by atoms with E-state index in [9.17, 15) is 0 Å². The van der Waals surface area contributed by atoms with Crippen molar-refractivity contribution in [1.29, 1.82) is 0 Å². The van der Waals surface area contributed by atoms with Gasteiger partial charge >= 0.3 is 0 Å². The van der Waals surface area contributed by atoms with Crippen molar-refractivity contribution in [2.24, 2.45) is 0 Å². The second-order valence-electron chi connectivity index (χ2n) is 6.57. The van der Waals surface area contributed by atoms with Gasteiger partial charge < -0.3 is 4.74 Å². The fourth-order valence-corrected chi connectivity index (χ4v) is 2.44. The van der Waals surface area contributed by atoms with Gasteiger partial charge in [0, 0.05) is 16.7 Å². The summed E-state index contributed by atoms with van der Waals surface area (Å²) in [7, 11) is 0. The highest BCUT2D eigenvalue weighted by Crippen LogP contribution is 2.32. The Bertz CT molecular complexity index is 612. The minimum Gasteiger partial charge on any atom is -0.439 e. The average Bonchev–Trinajstić information content (AvgIpc) is 2.40. The lowest BCUT2D eigenvalue weighted by atomic mass is 9.88. The summed E-state index contributed by atoms with van der Waals surface area (Å²) in [5.41, 5.74) is 2.48. The van der Waals surface area contributed by atoms with Gasteiger partial charge in [-0.25, -0.2) is 4.98 Å². The van der Waals surface area contributed by atoms with Crippen molar-refractivity contribution in [1.82, 2.24) is 4.98 Å². The molecule has 0 bridgehead atoms. The second-order valence-corrected chi connectivity index (χ2v) is 7.49. The molecule has 0 atom stereocenters. The molecule has 21 heavy (non-hydrogen) atoms. The minimum absolute atomic E-state index is 0.103. The summed E-state index contributed by atoms with van der Waals surface area (Å²) in [5.74, 6) is 1.89. The van der Waals surface area contributed by atoms with Gasteiger partial charge in [0.05, 0.1) is 0 Å². The van der Waals surface area contributed by atoms with Gasteiger partial charge in [0.1, 0.15) is 5.75 Å². The highest BCUT2D eigenvalue weighted by Gasteiger charge is 2.15. The van der Waals surface area contributed by atoms with Crippen LogP contribution in [-0.4, -0.2) is 4.98 Å². The number of hydrogen-bond donors (Lipinski definition) is 0. The van der Waals surface area contributed by atoms with E-state index in [1.165, 1.54) is 11.1 Å². The number of rotatable bonds is 3. The lowest BCUT2D eigenvalue weighted by Crippen LogP contribution is -2.11. The standard InChI is InChI=1S/C18H22BrNO/c1-12(2)15-10-14(19)7-8-16(15)21-17-9-6-13(11-20-17)18(3,4)5/h6-12H,1-5H3. The third-order valence-corrected chi connectivity index (χ3v) is 3.90. The first-order valence-corrected chi connectivity index (χ1v) is 8.00. The molecule has 0 aliphatic carbocycles. The first kappa shape index (κ1) is 16.0. The van der Waals surface area contributed by atoms with Crippen LogP contribution in [0.5, 0.6) is 11.6 Å². The van der Waals surface area contributed by atoms with Crippen molar-refractivity contribution in [2.75, 3.05) is 0 Å². The molecule has 0 aliphatic heterocycles. The maximum Gasteiger partial charge on any atom is 0.219 e. The van der Waals surface area contributed by atoms with Crippen LogP contribution in [0.15, 0.2) is 41.0 Å². The number of nitrogens with zero attached hydrogens (tertiary/aromatic N) is 1. The van der Waals surface area contributed by atoms with Crippen LogP contribution in [0.25, 0.3) is 0 Å².